The van der Waals surface area contributed by atoms with Gasteiger partial charge in [0.05, 0.1) is 23.9 Å². The van der Waals surface area contributed by atoms with E-state index in [-0.39, 0.29) is 17.4 Å². The van der Waals surface area contributed by atoms with Gasteiger partial charge in [-0.3, -0.25) is 14.6 Å². The molecule has 0 saturated heterocycles. The van der Waals surface area contributed by atoms with Gasteiger partial charge < -0.3 is 15.4 Å². The van der Waals surface area contributed by atoms with E-state index in [1.165, 1.54) is 25.6 Å². The van der Waals surface area contributed by atoms with Crippen LogP contribution >= 0.6 is 0 Å². The average Bonchev–Trinajstić information content (AvgIpc) is 2.73. The first-order chi connectivity index (χ1) is 13.6. The third kappa shape index (κ3) is 4.54. The monoisotopic (exact) mass is 375 g/mol. The van der Waals surface area contributed by atoms with E-state index in [1.807, 2.05) is 37.3 Å². The lowest BCUT2D eigenvalue weighted by Crippen LogP contribution is -2.24. The molecule has 2 N–H and O–H groups in total. The van der Waals surface area contributed by atoms with Crippen molar-refractivity contribution in [2.45, 2.75) is 13.5 Å². The van der Waals surface area contributed by atoms with E-state index < -0.39 is 0 Å². The second-order valence-corrected chi connectivity index (χ2v) is 6.23. The maximum absolute atomic E-state index is 12.5. The number of pyridine rings is 1. The van der Waals surface area contributed by atoms with Crippen LogP contribution in [0, 0.1) is 6.92 Å². The summed E-state index contributed by atoms with van der Waals surface area (Å²) in [6, 6.07) is 16.5. The second kappa shape index (κ2) is 8.81. The molecule has 2 amide bonds. The molecule has 0 aliphatic carbocycles. The van der Waals surface area contributed by atoms with Crippen LogP contribution in [-0.4, -0.2) is 23.9 Å². The van der Waals surface area contributed by atoms with Gasteiger partial charge in [-0.15, -0.1) is 0 Å². The highest BCUT2D eigenvalue weighted by Gasteiger charge is 2.13. The number of anilines is 1. The summed E-state index contributed by atoms with van der Waals surface area (Å²) in [6.07, 6.45) is 2.86. The van der Waals surface area contributed by atoms with Crippen molar-refractivity contribution in [3.05, 3.63) is 89.2 Å². The predicted octanol–water partition coefficient (Wildman–Crippen LogP) is 3.58. The Morgan fingerprint density at radius 1 is 0.964 bits per heavy atom. The van der Waals surface area contributed by atoms with Crippen molar-refractivity contribution in [3.8, 4) is 5.75 Å². The smallest absolute Gasteiger partial charge is 0.257 e. The molecule has 0 radical (unpaired) electrons. The number of nitrogens with one attached hydrogen (secondary N) is 2. The molecule has 6 heteroatoms. The van der Waals surface area contributed by atoms with E-state index >= 15 is 0 Å². The summed E-state index contributed by atoms with van der Waals surface area (Å²) in [5.74, 6) is -0.107. The maximum atomic E-state index is 12.5. The lowest BCUT2D eigenvalue weighted by molar-refractivity contribution is 0.0950. The molecular weight excluding hydrogens is 354 g/mol. The standard InChI is InChI=1S/C22H21N3O3/c1-15-7-3-4-8-16(15)14-24-21(26)17-11-18(13-23-12-17)22(27)25-19-9-5-6-10-20(19)28-2/h3-13H,14H2,1-2H3,(H,24,26)(H,25,27). The molecule has 1 aromatic heterocycles. The lowest BCUT2D eigenvalue weighted by atomic mass is 10.1. The minimum Gasteiger partial charge on any atom is -0.495 e. The van der Waals surface area contributed by atoms with Crippen LogP contribution < -0.4 is 15.4 Å². The number of carbonyl (C=O) groups excluding carboxylic acids is 2. The number of carbonyl (C=O) groups is 2. The molecule has 28 heavy (non-hydrogen) atoms. The molecule has 0 atom stereocenters. The largest absolute Gasteiger partial charge is 0.495 e. The summed E-state index contributed by atoms with van der Waals surface area (Å²) in [6.45, 7) is 2.40. The van der Waals surface area contributed by atoms with Gasteiger partial charge in [0.15, 0.2) is 0 Å². The molecule has 0 saturated carbocycles. The number of rotatable bonds is 6. The van der Waals surface area contributed by atoms with Crippen molar-refractivity contribution in [1.29, 1.82) is 0 Å². The number of methoxy groups -OCH3 is 1. The van der Waals surface area contributed by atoms with Crippen LogP contribution in [0.4, 0.5) is 5.69 Å². The highest BCUT2D eigenvalue weighted by atomic mass is 16.5. The van der Waals surface area contributed by atoms with Crippen LogP contribution in [0.5, 0.6) is 5.75 Å². The number of aryl methyl sites for hydroxylation is 1. The molecule has 1 heterocycles. The zero-order chi connectivity index (χ0) is 19.9. The van der Waals surface area contributed by atoms with Crippen molar-refractivity contribution in [3.63, 3.8) is 0 Å². The summed E-state index contributed by atoms with van der Waals surface area (Å²) in [5, 5.41) is 5.63. The fourth-order valence-electron chi connectivity index (χ4n) is 2.72. The van der Waals surface area contributed by atoms with Crippen LogP contribution in [0.25, 0.3) is 0 Å². The minimum atomic E-state index is -0.370. The van der Waals surface area contributed by atoms with Crippen molar-refractivity contribution < 1.29 is 14.3 Å². The normalized spacial score (nSPS) is 10.2. The highest BCUT2D eigenvalue weighted by molar-refractivity contribution is 6.06. The van der Waals surface area contributed by atoms with Crippen molar-refractivity contribution in [2.24, 2.45) is 0 Å². The van der Waals surface area contributed by atoms with Crippen LogP contribution in [-0.2, 0) is 6.54 Å². The van der Waals surface area contributed by atoms with Crippen LogP contribution in [0.3, 0.4) is 0 Å². The summed E-state index contributed by atoms with van der Waals surface area (Å²) in [7, 11) is 1.53. The molecule has 3 aromatic rings. The third-order valence-corrected chi connectivity index (χ3v) is 4.32. The first-order valence-corrected chi connectivity index (χ1v) is 8.80. The predicted molar refractivity (Wildman–Crippen MR) is 108 cm³/mol. The summed E-state index contributed by atoms with van der Waals surface area (Å²) in [4.78, 5) is 29.0. The van der Waals surface area contributed by atoms with Crippen molar-refractivity contribution >= 4 is 17.5 Å². The van der Waals surface area contributed by atoms with Gasteiger partial charge in [-0.1, -0.05) is 36.4 Å². The van der Waals surface area contributed by atoms with Crippen molar-refractivity contribution in [1.82, 2.24) is 10.3 Å². The Morgan fingerprint density at radius 2 is 1.64 bits per heavy atom. The molecule has 142 valence electrons. The second-order valence-electron chi connectivity index (χ2n) is 6.23. The number of aromatic nitrogens is 1. The summed E-state index contributed by atoms with van der Waals surface area (Å²) >= 11 is 0. The van der Waals surface area contributed by atoms with E-state index in [4.69, 9.17) is 4.74 Å². The number of para-hydroxylation sites is 2. The average molecular weight is 375 g/mol. The number of ether oxygens (including phenoxy) is 1. The van der Waals surface area contributed by atoms with Gasteiger partial charge in [0, 0.05) is 18.9 Å². The van der Waals surface area contributed by atoms with E-state index in [0.29, 0.717) is 23.5 Å². The number of amides is 2. The van der Waals surface area contributed by atoms with Gasteiger partial charge >= 0.3 is 0 Å². The SMILES string of the molecule is COc1ccccc1NC(=O)c1cncc(C(=O)NCc2ccccc2C)c1. The lowest BCUT2D eigenvalue weighted by Gasteiger charge is -2.11. The molecule has 0 aliphatic rings. The van der Waals surface area contributed by atoms with Crippen LogP contribution in [0.15, 0.2) is 67.0 Å². The third-order valence-electron chi connectivity index (χ3n) is 4.32. The Kier molecular flexibility index (Phi) is 6.01. The maximum Gasteiger partial charge on any atom is 0.257 e. The molecule has 6 nitrogen and oxygen atoms in total. The van der Waals surface area contributed by atoms with Gasteiger partial charge in [0.25, 0.3) is 11.8 Å². The Bertz CT molecular complexity index is 1000. The first kappa shape index (κ1) is 19.1. The van der Waals surface area contributed by atoms with Gasteiger partial charge in [0.2, 0.25) is 0 Å². The molecule has 0 spiro atoms. The fourth-order valence-corrected chi connectivity index (χ4v) is 2.72. The van der Waals surface area contributed by atoms with Crippen LogP contribution in [0.1, 0.15) is 31.8 Å². The molecule has 0 unspecified atom stereocenters. The Hall–Kier alpha value is -3.67. The molecule has 3 rings (SSSR count). The van der Waals surface area contributed by atoms with Crippen molar-refractivity contribution in [2.75, 3.05) is 12.4 Å². The molecule has 2 aromatic carbocycles. The van der Waals surface area contributed by atoms with E-state index in [0.717, 1.165) is 11.1 Å². The van der Waals surface area contributed by atoms with Gasteiger partial charge in [-0.25, -0.2) is 0 Å². The molecular formula is C22H21N3O3. The Morgan fingerprint density at radius 3 is 2.39 bits per heavy atom. The quantitative estimate of drug-likeness (QED) is 0.690. The zero-order valence-electron chi connectivity index (χ0n) is 15.7. The van der Waals surface area contributed by atoms with Gasteiger partial charge in [0.1, 0.15) is 5.75 Å². The minimum absolute atomic E-state index is 0.287. The van der Waals surface area contributed by atoms with Gasteiger partial charge in [-0.05, 0) is 36.2 Å². The van der Waals surface area contributed by atoms with E-state index in [2.05, 4.69) is 15.6 Å². The van der Waals surface area contributed by atoms with Crippen LogP contribution in [0.2, 0.25) is 0 Å². The number of nitrogens with zero attached hydrogens (tertiary/aromatic N) is 1. The fraction of sp³-hybridized carbons (Fsp3) is 0.136. The Labute approximate surface area is 163 Å². The molecule has 0 bridgehead atoms. The summed E-state index contributed by atoms with van der Waals surface area (Å²) < 4.78 is 5.23. The Balaban J connectivity index is 1.70. The number of hydrogen-bond acceptors (Lipinski definition) is 4. The van der Waals surface area contributed by atoms with Gasteiger partial charge in [-0.2, -0.15) is 0 Å². The number of benzene rings is 2. The summed E-state index contributed by atoms with van der Waals surface area (Å²) in [5.41, 5.74) is 3.29. The topological polar surface area (TPSA) is 80.3 Å². The zero-order valence-corrected chi connectivity index (χ0v) is 15.7. The van der Waals surface area contributed by atoms with E-state index in [9.17, 15) is 9.59 Å². The molecule has 0 aliphatic heterocycles. The molecule has 0 fully saturated rings. The first-order valence-electron chi connectivity index (χ1n) is 8.80. The van der Waals surface area contributed by atoms with E-state index in [1.54, 1.807) is 18.2 Å². The highest BCUT2D eigenvalue weighted by Crippen LogP contribution is 2.23. The number of hydrogen-bond donors (Lipinski definition) is 2.